The second kappa shape index (κ2) is 10.3. The lowest BCUT2D eigenvalue weighted by molar-refractivity contribution is 1.08. The van der Waals surface area contributed by atoms with Crippen LogP contribution in [0.2, 0.25) is 0 Å². The molecule has 0 fully saturated rings. The van der Waals surface area contributed by atoms with Crippen LogP contribution in [0.5, 0.6) is 0 Å². The lowest BCUT2D eigenvalue weighted by atomic mass is 9.94. The monoisotopic (exact) mass is 615 g/mol. The molecule has 0 N–H and O–H groups in total. The molecule has 0 amide bonds. The van der Waals surface area contributed by atoms with Gasteiger partial charge in [-0.05, 0) is 68.0 Å². The molecule has 47 heavy (non-hydrogen) atoms. The fourth-order valence-electron chi connectivity index (χ4n) is 7.01. The van der Waals surface area contributed by atoms with Crippen molar-refractivity contribution >= 4 is 74.6 Å². The zero-order valence-electron chi connectivity index (χ0n) is 25.2. The molecule has 0 aliphatic rings. The second-order valence-electron chi connectivity index (χ2n) is 12.0. The third-order valence-electron chi connectivity index (χ3n) is 9.29. The Hall–Kier alpha value is -5.97. The van der Waals surface area contributed by atoms with Gasteiger partial charge >= 0.3 is 0 Å². The van der Waals surface area contributed by atoms with Crippen molar-refractivity contribution in [2.45, 2.75) is 0 Å². The van der Waals surface area contributed by atoms with E-state index in [9.17, 15) is 0 Å². The first-order valence-electron chi connectivity index (χ1n) is 15.8. The predicted octanol–water partition coefficient (Wildman–Crippen LogP) is 11.9. The molecule has 10 rings (SSSR count). The highest BCUT2D eigenvalue weighted by Gasteiger charge is 2.17. The first kappa shape index (κ1) is 26.3. The lowest BCUT2D eigenvalue weighted by Gasteiger charge is -2.13. The second-order valence-corrected chi connectivity index (χ2v) is 13.1. The van der Waals surface area contributed by atoms with E-state index < -0.39 is 0 Å². The fourth-order valence-corrected chi connectivity index (χ4v) is 8.10. The number of aromatic nitrogens is 3. The average Bonchev–Trinajstić information content (AvgIpc) is 3.52. The Morgan fingerprint density at radius 3 is 1.85 bits per heavy atom. The summed E-state index contributed by atoms with van der Waals surface area (Å²) < 4.78 is 2.54. The van der Waals surface area contributed by atoms with Crippen molar-refractivity contribution in [2.24, 2.45) is 0 Å². The molecule has 0 aliphatic heterocycles. The predicted molar refractivity (Wildman–Crippen MR) is 199 cm³/mol. The molecule has 2 heterocycles. The van der Waals surface area contributed by atoms with Gasteiger partial charge in [0.2, 0.25) is 0 Å². The molecule has 0 saturated carbocycles. The molecule has 218 valence electrons. The maximum absolute atomic E-state index is 5.23. The van der Waals surface area contributed by atoms with Crippen LogP contribution in [0.15, 0.2) is 152 Å². The molecule has 4 heteroatoms. The maximum Gasteiger partial charge on any atom is 0.164 e. The molecule has 3 nitrogen and oxygen atoms in total. The molecule has 0 spiro atoms. The molecule has 0 aliphatic carbocycles. The Morgan fingerprint density at radius 2 is 0.957 bits per heavy atom. The van der Waals surface area contributed by atoms with E-state index in [1.165, 1.54) is 47.1 Å². The van der Waals surface area contributed by atoms with Crippen molar-refractivity contribution in [1.29, 1.82) is 0 Å². The summed E-state index contributed by atoms with van der Waals surface area (Å²) in [7, 11) is 0. The Labute approximate surface area is 274 Å². The Bertz CT molecular complexity index is 2870. The van der Waals surface area contributed by atoms with Crippen LogP contribution in [0.1, 0.15) is 0 Å². The van der Waals surface area contributed by atoms with Crippen molar-refractivity contribution in [1.82, 2.24) is 15.0 Å². The third kappa shape index (κ3) is 4.23. The van der Waals surface area contributed by atoms with E-state index in [1.54, 1.807) is 0 Å². The van der Waals surface area contributed by atoms with E-state index in [1.807, 2.05) is 11.3 Å². The van der Waals surface area contributed by atoms with E-state index in [4.69, 9.17) is 15.0 Å². The molecule has 0 saturated heterocycles. The Kier molecular flexibility index (Phi) is 5.74. The van der Waals surface area contributed by atoms with Gasteiger partial charge in [0.1, 0.15) is 0 Å². The summed E-state index contributed by atoms with van der Waals surface area (Å²) in [5.41, 5.74) is 2.94. The van der Waals surface area contributed by atoms with Gasteiger partial charge in [0.15, 0.2) is 17.5 Å². The minimum absolute atomic E-state index is 0.661. The van der Waals surface area contributed by atoms with Gasteiger partial charge in [-0.3, -0.25) is 0 Å². The lowest BCUT2D eigenvalue weighted by Crippen LogP contribution is -2.01. The summed E-state index contributed by atoms with van der Waals surface area (Å²) in [5, 5.41) is 12.0. The quantitative estimate of drug-likeness (QED) is 0.186. The highest BCUT2D eigenvalue weighted by Crippen LogP contribution is 2.39. The average molecular weight is 616 g/mol. The summed E-state index contributed by atoms with van der Waals surface area (Å²) in [6.07, 6.45) is 0. The van der Waals surface area contributed by atoms with Crippen molar-refractivity contribution in [3.8, 4) is 34.2 Å². The van der Waals surface area contributed by atoms with Crippen LogP contribution >= 0.6 is 11.3 Å². The van der Waals surface area contributed by atoms with Gasteiger partial charge in [-0.2, -0.15) is 0 Å². The normalized spacial score (nSPS) is 11.8. The van der Waals surface area contributed by atoms with Gasteiger partial charge in [0, 0.05) is 42.2 Å². The summed E-state index contributed by atoms with van der Waals surface area (Å²) in [4.78, 5) is 15.6. The molecule has 10 aromatic rings. The van der Waals surface area contributed by atoms with Crippen molar-refractivity contribution in [3.63, 3.8) is 0 Å². The van der Waals surface area contributed by atoms with Crippen LogP contribution in [0, 0.1) is 0 Å². The summed E-state index contributed by atoms with van der Waals surface area (Å²) in [6.45, 7) is 0. The van der Waals surface area contributed by atoms with Crippen LogP contribution in [-0.4, -0.2) is 15.0 Å². The fraction of sp³-hybridized carbons (Fsp3) is 0. The van der Waals surface area contributed by atoms with Gasteiger partial charge in [0.25, 0.3) is 0 Å². The minimum atomic E-state index is 0.661. The first-order chi connectivity index (χ1) is 23.3. The molecule has 0 bridgehead atoms. The van der Waals surface area contributed by atoms with E-state index in [0.29, 0.717) is 17.5 Å². The Morgan fingerprint density at radius 1 is 0.340 bits per heavy atom. The molecule has 0 unspecified atom stereocenters. The van der Waals surface area contributed by atoms with E-state index in [0.717, 1.165) is 32.8 Å². The van der Waals surface area contributed by atoms with Crippen LogP contribution in [0.3, 0.4) is 0 Å². The van der Waals surface area contributed by atoms with Crippen LogP contribution < -0.4 is 0 Å². The molecule has 2 aromatic heterocycles. The zero-order valence-corrected chi connectivity index (χ0v) is 26.0. The standard InChI is InChI=1S/C43H25N3S/c1-2-10-29-24-30(17-16-26(29)8-1)41-44-42(31-20-23-39-37(25-31)34-13-5-6-15-38(34)47-39)46-43(45-41)36-14-7-11-28-19-21-33-32-12-4-3-9-27(32)18-22-35(33)40(28)36/h1-25H. The van der Waals surface area contributed by atoms with Crippen LogP contribution in [0.25, 0.3) is 97.4 Å². The van der Waals surface area contributed by atoms with Gasteiger partial charge in [-0.25, -0.2) is 15.0 Å². The minimum Gasteiger partial charge on any atom is -0.208 e. The van der Waals surface area contributed by atoms with E-state index in [-0.39, 0.29) is 0 Å². The van der Waals surface area contributed by atoms with Crippen molar-refractivity contribution in [2.75, 3.05) is 0 Å². The highest BCUT2D eigenvalue weighted by atomic mass is 32.1. The van der Waals surface area contributed by atoms with E-state index in [2.05, 4.69) is 152 Å². The number of benzene rings is 8. The van der Waals surface area contributed by atoms with Crippen LogP contribution in [0.4, 0.5) is 0 Å². The van der Waals surface area contributed by atoms with Crippen molar-refractivity contribution < 1.29 is 0 Å². The number of nitrogens with zero attached hydrogens (tertiary/aromatic N) is 3. The van der Waals surface area contributed by atoms with Gasteiger partial charge in [0.05, 0.1) is 0 Å². The molecular formula is C43H25N3S. The van der Waals surface area contributed by atoms with Gasteiger partial charge in [-0.1, -0.05) is 121 Å². The molecule has 8 aromatic carbocycles. The Balaban J connectivity index is 1.26. The number of hydrogen-bond donors (Lipinski definition) is 0. The van der Waals surface area contributed by atoms with Crippen LogP contribution in [-0.2, 0) is 0 Å². The topological polar surface area (TPSA) is 38.7 Å². The summed E-state index contributed by atoms with van der Waals surface area (Å²) in [5.74, 6) is 1.99. The smallest absolute Gasteiger partial charge is 0.164 e. The highest BCUT2D eigenvalue weighted by molar-refractivity contribution is 7.25. The maximum atomic E-state index is 5.23. The molecular weight excluding hydrogens is 591 g/mol. The summed E-state index contributed by atoms with van der Waals surface area (Å²) >= 11 is 1.82. The third-order valence-corrected chi connectivity index (χ3v) is 10.4. The molecule has 0 atom stereocenters. The van der Waals surface area contributed by atoms with Gasteiger partial charge in [-0.15, -0.1) is 11.3 Å². The number of rotatable bonds is 3. The van der Waals surface area contributed by atoms with Gasteiger partial charge < -0.3 is 0 Å². The zero-order chi connectivity index (χ0) is 30.9. The number of fused-ring (bicyclic) bond motifs is 9. The van der Waals surface area contributed by atoms with Crippen molar-refractivity contribution in [3.05, 3.63) is 152 Å². The SMILES string of the molecule is c1ccc2cc(-c3nc(-c4ccc5sc6ccccc6c5c4)nc(-c4cccc5ccc6c7ccccc7ccc6c45)n3)ccc2c1. The first-order valence-corrected chi connectivity index (χ1v) is 16.6. The molecule has 0 radical (unpaired) electrons. The van der Waals surface area contributed by atoms with E-state index >= 15 is 0 Å². The summed E-state index contributed by atoms with van der Waals surface area (Å²) in [6, 6.07) is 54.0. The number of thiophene rings is 1. The number of hydrogen-bond acceptors (Lipinski definition) is 4. The largest absolute Gasteiger partial charge is 0.208 e.